The number of carboxylic acid groups (broad SMARTS) is 1. The highest BCUT2D eigenvalue weighted by atomic mass is 16.4. The molecule has 0 amide bonds. The molecule has 108 valence electrons. The molecule has 1 atom stereocenters. The molecule has 0 saturated heterocycles. The van der Waals surface area contributed by atoms with Crippen LogP contribution < -0.4 is 5.32 Å². The molecule has 0 aliphatic heterocycles. The van der Waals surface area contributed by atoms with E-state index in [-0.39, 0.29) is 11.6 Å². The highest BCUT2D eigenvalue weighted by Gasteiger charge is 2.18. The molecular formula is C14H20N4O2. The van der Waals surface area contributed by atoms with Crippen molar-refractivity contribution in [2.24, 2.45) is 7.05 Å². The van der Waals surface area contributed by atoms with E-state index in [2.05, 4.69) is 29.2 Å². The van der Waals surface area contributed by atoms with Crippen LogP contribution in [0.5, 0.6) is 0 Å². The molecule has 1 unspecified atom stereocenters. The second kappa shape index (κ2) is 5.90. The van der Waals surface area contributed by atoms with Crippen molar-refractivity contribution in [1.82, 2.24) is 14.8 Å². The molecule has 0 aromatic carbocycles. The molecule has 0 spiro atoms. The lowest BCUT2D eigenvalue weighted by Gasteiger charge is -2.17. The van der Waals surface area contributed by atoms with Crippen LogP contribution in [0.15, 0.2) is 12.4 Å². The summed E-state index contributed by atoms with van der Waals surface area (Å²) >= 11 is 0. The first-order valence-corrected chi connectivity index (χ1v) is 6.85. The Kier molecular flexibility index (Phi) is 4.22. The van der Waals surface area contributed by atoms with Crippen molar-refractivity contribution in [2.45, 2.75) is 39.2 Å². The van der Waals surface area contributed by atoms with Crippen molar-refractivity contribution in [1.29, 1.82) is 0 Å². The molecular weight excluding hydrogens is 256 g/mol. The lowest BCUT2D eigenvalue weighted by atomic mass is 10.1. The van der Waals surface area contributed by atoms with Gasteiger partial charge in [-0.05, 0) is 13.3 Å². The van der Waals surface area contributed by atoms with Gasteiger partial charge in [0.15, 0.2) is 5.65 Å². The van der Waals surface area contributed by atoms with Gasteiger partial charge in [0.25, 0.3) is 0 Å². The first kappa shape index (κ1) is 14.3. The number of pyridine rings is 1. The van der Waals surface area contributed by atoms with Crippen molar-refractivity contribution < 1.29 is 9.90 Å². The summed E-state index contributed by atoms with van der Waals surface area (Å²) in [6.07, 6.45) is 6.28. The summed E-state index contributed by atoms with van der Waals surface area (Å²) in [6.45, 7) is 4.20. The van der Waals surface area contributed by atoms with Gasteiger partial charge in [0.05, 0.1) is 17.3 Å². The number of rotatable bonds is 6. The van der Waals surface area contributed by atoms with Crippen molar-refractivity contribution in [3.63, 3.8) is 0 Å². The maximum atomic E-state index is 11.4. The summed E-state index contributed by atoms with van der Waals surface area (Å²) in [5.41, 5.74) is 1.48. The Hall–Kier alpha value is -2.11. The maximum absolute atomic E-state index is 11.4. The van der Waals surface area contributed by atoms with E-state index >= 15 is 0 Å². The number of hydrogen-bond donors (Lipinski definition) is 2. The van der Waals surface area contributed by atoms with Crippen LogP contribution >= 0.6 is 0 Å². The Bertz CT molecular complexity index is 621. The fraction of sp³-hybridized carbons (Fsp3) is 0.500. The number of carbonyl (C=O) groups is 1. The minimum Gasteiger partial charge on any atom is -0.478 e. The van der Waals surface area contributed by atoms with E-state index in [0.717, 1.165) is 24.6 Å². The molecule has 2 aromatic rings. The average molecular weight is 276 g/mol. The van der Waals surface area contributed by atoms with E-state index in [9.17, 15) is 9.90 Å². The van der Waals surface area contributed by atoms with Crippen LogP contribution in [0.2, 0.25) is 0 Å². The number of aryl methyl sites for hydroxylation is 1. The van der Waals surface area contributed by atoms with Gasteiger partial charge in [-0.3, -0.25) is 4.68 Å². The van der Waals surface area contributed by atoms with Crippen LogP contribution in [0.25, 0.3) is 11.0 Å². The summed E-state index contributed by atoms with van der Waals surface area (Å²) in [5.74, 6) is -0.978. The Morgan fingerprint density at radius 3 is 2.90 bits per heavy atom. The topological polar surface area (TPSA) is 80.0 Å². The predicted octanol–water partition coefficient (Wildman–Crippen LogP) is 2.66. The molecule has 20 heavy (non-hydrogen) atoms. The van der Waals surface area contributed by atoms with Crippen LogP contribution in [-0.2, 0) is 7.05 Å². The summed E-state index contributed by atoms with van der Waals surface area (Å²) in [5, 5.41) is 17.5. The van der Waals surface area contributed by atoms with Crippen LogP contribution in [0.4, 0.5) is 5.69 Å². The number of aromatic nitrogens is 3. The van der Waals surface area contributed by atoms with E-state index in [1.54, 1.807) is 17.9 Å². The van der Waals surface area contributed by atoms with Gasteiger partial charge in [-0.25, -0.2) is 9.78 Å². The van der Waals surface area contributed by atoms with Crippen molar-refractivity contribution in [2.75, 3.05) is 5.32 Å². The molecule has 0 fully saturated rings. The second-order valence-electron chi connectivity index (χ2n) is 5.05. The van der Waals surface area contributed by atoms with Gasteiger partial charge in [-0.2, -0.15) is 5.10 Å². The van der Waals surface area contributed by atoms with E-state index in [4.69, 9.17) is 0 Å². The van der Waals surface area contributed by atoms with Gasteiger partial charge in [0.1, 0.15) is 5.56 Å². The molecule has 0 aliphatic carbocycles. The fourth-order valence-corrected chi connectivity index (χ4v) is 2.24. The molecule has 0 saturated carbocycles. The fourth-order valence-electron chi connectivity index (χ4n) is 2.24. The smallest absolute Gasteiger partial charge is 0.339 e. The standard InChI is InChI=1S/C14H20N4O2/c1-4-5-6-9(2)17-12-10-8-16-18(3)13(10)15-7-11(12)14(19)20/h7-9H,4-6H2,1-3H3,(H,15,17)(H,19,20). The largest absolute Gasteiger partial charge is 0.478 e. The molecule has 6 heteroatoms. The molecule has 6 nitrogen and oxygen atoms in total. The number of anilines is 1. The number of nitrogens with zero attached hydrogens (tertiary/aromatic N) is 3. The third kappa shape index (κ3) is 2.74. The van der Waals surface area contributed by atoms with Gasteiger partial charge in [0.2, 0.25) is 0 Å². The SMILES string of the molecule is CCCCC(C)Nc1c(C(=O)O)cnc2c1cnn2C. The van der Waals surface area contributed by atoms with Crippen LogP contribution in [0.1, 0.15) is 43.5 Å². The molecule has 2 heterocycles. The Morgan fingerprint density at radius 2 is 2.25 bits per heavy atom. The number of aromatic carboxylic acids is 1. The highest BCUT2D eigenvalue weighted by Crippen LogP contribution is 2.26. The van der Waals surface area contributed by atoms with Gasteiger partial charge >= 0.3 is 5.97 Å². The van der Waals surface area contributed by atoms with Gasteiger partial charge in [0, 0.05) is 19.3 Å². The molecule has 2 N–H and O–H groups in total. The van der Waals surface area contributed by atoms with Crippen LogP contribution in [-0.4, -0.2) is 31.9 Å². The van der Waals surface area contributed by atoms with Crippen molar-refractivity contribution in [3.05, 3.63) is 18.0 Å². The van der Waals surface area contributed by atoms with Crippen LogP contribution in [0.3, 0.4) is 0 Å². The Morgan fingerprint density at radius 1 is 1.50 bits per heavy atom. The number of nitrogens with one attached hydrogen (secondary N) is 1. The van der Waals surface area contributed by atoms with Gasteiger partial charge in [-0.1, -0.05) is 19.8 Å². The summed E-state index contributed by atoms with van der Waals surface area (Å²) in [6, 6.07) is 0.207. The zero-order valence-electron chi connectivity index (χ0n) is 12.1. The third-order valence-corrected chi connectivity index (χ3v) is 3.37. The van der Waals surface area contributed by atoms with Crippen LogP contribution in [0, 0.1) is 0 Å². The minimum atomic E-state index is -0.978. The first-order valence-electron chi connectivity index (χ1n) is 6.85. The van der Waals surface area contributed by atoms with Gasteiger partial charge in [-0.15, -0.1) is 0 Å². The Balaban J connectivity index is 2.41. The molecule has 0 radical (unpaired) electrons. The third-order valence-electron chi connectivity index (χ3n) is 3.37. The zero-order chi connectivity index (χ0) is 14.7. The normalized spacial score (nSPS) is 12.6. The Labute approximate surface area is 117 Å². The number of carboxylic acids is 1. The molecule has 0 bridgehead atoms. The van der Waals surface area contributed by atoms with Gasteiger partial charge < -0.3 is 10.4 Å². The van der Waals surface area contributed by atoms with Crippen molar-refractivity contribution >= 4 is 22.7 Å². The van der Waals surface area contributed by atoms with E-state index < -0.39 is 5.97 Å². The number of fused-ring (bicyclic) bond motifs is 1. The summed E-state index contributed by atoms with van der Waals surface area (Å²) < 4.78 is 1.64. The quantitative estimate of drug-likeness (QED) is 0.847. The first-order chi connectivity index (χ1) is 9.54. The molecule has 2 rings (SSSR count). The summed E-state index contributed by atoms with van der Waals surface area (Å²) in [4.78, 5) is 15.5. The van der Waals surface area contributed by atoms with E-state index in [1.165, 1.54) is 6.20 Å². The zero-order valence-corrected chi connectivity index (χ0v) is 12.1. The average Bonchev–Trinajstić information content (AvgIpc) is 2.78. The number of hydrogen-bond acceptors (Lipinski definition) is 4. The lowest BCUT2D eigenvalue weighted by molar-refractivity contribution is 0.0697. The maximum Gasteiger partial charge on any atom is 0.339 e. The predicted molar refractivity (Wildman–Crippen MR) is 78.1 cm³/mol. The second-order valence-corrected chi connectivity index (χ2v) is 5.05. The minimum absolute atomic E-state index is 0.189. The monoisotopic (exact) mass is 276 g/mol. The molecule has 2 aromatic heterocycles. The van der Waals surface area contributed by atoms with E-state index in [0.29, 0.717) is 11.3 Å². The molecule has 0 aliphatic rings. The summed E-state index contributed by atoms with van der Waals surface area (Å²) in [7, 11) is 1.79. The van der Waals surface area contributed by atoms with Crippen molar-refractivity contribution in [3.8, 4) is 0 Å². The highest BCUT2D eigenvalue weighted by molar-refractivity contribution is 6.03. The number of unbranched alkanes of at least 4 members (excludes halogenated alkanes) is 1. The lowest BCUT2D eigenvalue weighted by Crippen LogP contribution is -2.17. The van der Waals surface area contributed by atoms with E-state index in [1.807, 2.05) is 0 Å².